The molecule has 4 nitrogen and oxygen atoms in total. The lowest BCUT2D eigenvalue weighted by atomic mass is 9.83. The monoisotopic (exact) mass is 245 g/mol. The second-order valence-corrected chi connectivity index (χ2v) is 4.88. The summed E-state index contributed by atoms with van der Waals surface area (Å²) in [7, 11) is 1.67. The summed E-state index contributed by atoms with van der Waals surface area (Å²) in [4.78, 5) is 0. The lowest BCUT2D eigenvalue weighted by Crippen LogP contribution is -2.29. The molecular weight excluding hydrogens is 218 g/mol. The Hall–Kier alpha value is -0.160. The Morgan fingerprint density at radius 3 is 2.12 bits per heavy atom. The Bertz CT molecular complexity index is 182. The van der Waals surface area contributed by atoms with Gasteiger partial charge in [-0.3, -0.25) is 0 Å². The number of methoxy groups -OCH3 is 1. The highest BCUT2D eigenvalue weighted by atomic mass is 16.5. The molecule has 0 heterocycles. The maximum atomic E-state index is 5.87. The topological polar surface area (TPSA) is 53.7 Å². The Morgan fingerprint density at radius 2 is 1.53 bits per heavy atom. The van der Waals surface area contributed by atoms with Crippen molar-refractivity contribution in [2.75, 3.05) is 46.7 Å². The van der Waals surface area contributed by atoms with E-state index >= 15 is 0 Å². The van der Waals surface area contributed by atoms with Gasteiger partial charge in [-0.05, 0) is 31.2 Å². The summed E-state index contributed by atoms with van der Waals surface area (Å²) in [5, 5.41) is 0. The summed E-state index contributed by atoms with van der Waals surface area (Å²) in [6.07, 6.45) is 6.31. The second-order valence-electron chi connectivity index (χ2n) is 4.88. The van der Waals surface area contributed by atoms with Crippen molar-refractivity contribution in [1.29, 1.82) is 0 Å². The summed E-state index contributed by atoms with van der Waals surface area (Å²) in [6, 6.07) is 0. The quantitative estimate of drug-likeness (QED) is 0.594. The predicted molar refractivity (Wildman–Crippen MR) is 68.1 cm³/mol. The van der Waals surface area contributed by atoms with E-state index in [0.29, 0.717) is 31.8 Å². The molecular formula is C13H27NO3. The maximum Gasteiger partial charge on any atom is 0.0701 e. The van der Waals surface area contributed by atoms with Crippen molar-refractivity contribution >= 4 is 0 Å². The number of ether oxygens (including phenoxy) is 3. The summed E-state index contributed by atoms with van der Waals surface area (Å²) in [5.74, 6) is 0. The molecule has 102 valence electrons. The molecule has 4 heteroatoms. The SMILES string of the molecule is COCCOCCOCCC1(CN)CCCC1. The highest BCUT2D eigenvalue weighted by Gasteiger charge is 2.31. The minimum Gasteiger partial charge on any atom is -0.382 e. The third-order valence-corrected chi connectivity index (χ3v) is 3.68. The van der Waals surface area contributed by atoms with Gasteiger partial charge >= 0.3 is 0 Å². The highest BCUT2D eigenvalue weighted by Crippen LogP contribution is 2.39. The average Bonchev–Trinajstić information content (AvgIpc) is 2.82. The van der Waals surface area contributed by atoms with Crippen molar-refractivity contribution in [3.8, 4) is 0 Å². The first-order valence-electron chi connectivity index (χ1n) is 6.67. The van der Waals surface area contributed by atoms with Crippen molar-refractivity contribution < 1.29 is 14.2 Å². The molecule has 0 aromatic rings. The average molecular weight is 245 g/mol. The Balaban J connectivity index is 1.92. The van der Waals surface area contributed by atoms with Crippen LogP contribution in [0.25, 0.3) is 0 Å². The smallest absolute Gasteiger partial charge is 0.0701 e. The lowest BCUT2D eigenvalue weighted by molar-refractivity contribution is 0.0172. The van der Waals surface area contributed by atoms with E-state index in [1.807, 2.05) is 0 Å². The summed E-state index contributed by atoms with van der Waals surface area (Å²) in [6.45, 7) is 4.23. The fourth-order valence-electron chi connectivity index (χ4n) is 2.43. The van der Waals surface area contributed by atoms with Gasteiger partial charge in [-0.2, -0.15) is 0 Å². The van der Waals surface area contributed by atoms with E-state index in [0.717, 1.165) is 19.6 Å². The fourth-order valence-corrected chi connectivity index (χ4v) is 2.43. The first kappa shape index (κ1) is 14.9. The van der Waals surface area contributed by atoms with Gasteiger partial charge in [-0.15, -0.1) is 0 Å². The van der Waals surface area contributed by atoms with Crippen molar-refractivity contribution in [1.82, 2.24) is 0 Å². The highest BCUT2D eigenvalue weighted by molar-refractivity contribution is 4.85. The Labute approximate surface area is 105 Å². The zero-order valence-electron chi connectivity index (χ0n) is 11.1. The fraction of sp³-hybridized carbons (Fsp3) is 1.00. The van der Waals surface area contributed by atoms with Gasteiger partial charge in [-0.25, -0.2) is 0 Å². The zero-order valence-corrected chi connectivity index (χ0v) is 11.1. The van der Waals surface area contributed by atoms with E-state index in [2.05, 4.69) is 0 Å². The Kier molecular flexibility index (Phi) is 7.77. The molecule has 1 rings (SSSR count). The van der Waals surface area contributed by atoms with E-state index in [4.69, 9.17) is 19.9 Å². The first-order valence-corrected chi connectivity index (χ1v) is 6.67. The van der Waals surface area contributed by atoms with Crippen LogP contribution in [-0.2, 0) is 14.2 Å². The Morgan fingerprint density at radius 1 is 0.941 bits per heavy atom. The van der Waals surface area contributed by atoms with Crippen LogP contribution in [0.1, 0.15) is 32.1 Å². The van der Waals surface area contributed by atoms with Gasteiger partial charge in [0.2, 0.25) is 0 Å². The van der Waals surface area contributed by atoms with Crippen molar-refractivity contribution in [2.24, 2.45) is 11.1 Å². The predicted octanol–water partition coefficient (Wildman–Crippen LogP) is 1.58. The van der Waals surface area contributed by atoms with Gasteiger partial charge in [0.1, 0.15) is 0 Å². The van der Waals surface area contributed by atoms with Crippen molar-refractivity contribution in [3.63, 3.8) is 0 Å². The standard InChI is InChI=1S/C13H27NO3/c1-15-8-9-17-11-10-16-7-6-13(12-14)4-2-3-5-13/h2-12,14H2,1H3. The number of rotatable bonds is 10. The van der Waals surface area contributed by atoms with Crippen LogP contribution in [0.3, 0.4) is 0 Å². The first-order chi connectivity index (χ1) is 8.33. The number of nitrogens with two attached hydrogens (primary N) is 1. The van der Waals surface area contributed by atoms with Crippen molar-refractivity contribution in [3.05, 3.63) is 0 Å². The second kappa shape index (κ2) is 8.86. The molecule has 1 fully saturated rings. The molecule has 0 radical (unpaired) electrons. The number of hydrogen-bond acceptors (Lipinski definition) is 4. The summed E-state index contributed by atoms with van der Waals surface area (Å²) in [5.41, 5.74) is 6.24. The van der Waals surface area contributed by atoms with Gasteiger partial charge in [0, 0.05) is 13.7 Å². The van der Waals surface area contributed by atoms with Gasteiger partial charge in [0.05, 0.1) is 26.4 Å². The van der Waals surface area contributed by atoms with Gasteiger partial charge in [-0.1, -0.05) is 12.8 Å². The minimum absolute atomic E-state index is 0.372. The molecule has 0 unspecified atom stereocenters. The van der Waals surface area contributed by atoms with Crippen LogP contribution in [0.5, 0.6) is 0 Å². The largest absolute Gasteiger partial charge is 0.382 e. The van der Waals surface area contributed by atoms with Crippen LogP contribution in [0.4, 0.5) is 0 Å². The van der Waals surface area contributed by atoms with Crippen LogP contribution in [0.2, 0.25) is 0 Å². The van der Waals surface area contributed by atoms with E-state index in [9.17, 15) is 0 Å². The maximum absolute atomic E-state index is 5.87. The molecule has 0 saturated heterocycles. The van der Waals surface area contributed by atoms with Crippen LogP contribution in [0, 0.1) is 5.41 Å². The van der Waals surface area contributed by atoms with E-state index in [1.54, 1.807) is 7.11 Å². The zero-order chi connectivity index (χ0) is 12.4. The summed E-state index contributed by atoms with van der Waals surface area (Å²) < 4.78 is 15.8. The van der Waals surface area contributed by atoms with Crippen LogP contribution < -0.4 is 5.73 Å². The van der Waals surface area contributed by atoms with Gasteiger partial charge < -0.3 is 19.9 Å². The lowest BCUT2D eigenvalue weighted by Gasteiger charge is -2.26. The van der Waals surface area contributed by atoms with Gasteiger partial charge in [0.25, 0.3) is 0 Å². The van der Waals surface area contributed by atoms with Crippen LogP contribution in [-0.4, -0.2) is 46.7 Å². The molecule has 2 N–H and O–H groups in total. The normalized spacial score (nSPS) is 18.7. The molecule has 0 bridgehead atoms. The van der Waals surface area contributed by atoms with Crippen LogP contribution >= 0.6 is 0 Å². The van der Waals surface area contributed by atoms with E-state index < -0.39 is 0 Å². The van der Waals surface area contributed by atoms with E-state index in [-0.39, 0.29) is 0 Å². The molecule has 1 aliphatic rings. The van der Waals surface area contributed by atoms with E-state index in [1.165, 1.54) is 25.7 Å². The molecule has 1 aliphatic carbocycles. The molecule has 0 amide bonds. The third-order valence-electron chi connectivity index (χ3n) is 3.68. The molecule has 17 heavy (non-hydrogen) atoms. The number of hydrogen-bond donors (Lipinski definition) is 1. The van der Waals surface area contributed by atoms with Crippen molar-refractivity contribution in [2.45, 2.75) is 32.1 Å². The van der Waals surface area contributed by atoms with Gasteiger partial charge in [0.15, 0.2) is 0 Å². The molecule has 0 aromatic heterocycles. The molecule has 0 atom stereocenters. The summed E-state index contributed by atoms with van der Waals surface area (Å²) >= 11 is 0. The third kappa shape index (κ3) is 5.82. The minimum atomic E-state index is 0.372. The molecule has 1 saturated carbocycles. The van der Waals surface area contributed by atoms with Crippen LogP contribution in [0.15, 0.2) is 0 Å². The molecule has 0 aliphatic heterocycles. The molecule has 0 spiro atoms. The molecule has 0 aromatic carbocycles.